The zero-order chi connectivity index (χ0) is 20.3. The first-order valence-corrected chi connectivity index (χ1v) is 10.1. The average molecular weight is 398 g/mol. The third-order valence-corrected chi connectivity index (χ3v) is 6.00. The summed E-state index contributed by atoms with van der Waals surface area (Å²) in [5.41, 5.74) is 2.37. The summed E-state index contributed by atoms with van der Waals surface area (Å²) in [5, 5.41) is 22.7. The summed E-state index contributed by atoms with van der Waals surface area (Å²) in [6, 6.07) is 6.81. The Labute approximate surface area is 167 Å². The van der Waals surface area contributed by atoms with Crippen molar-refractivity contribution >= 4 is 28.2 Å². The number of nitrogens with one attached hydrogen (secondary N) is 1. The van der Waals surface area contributed by atoms with E-state index in [1.807, 2.05) is 0 Å². The molecule has 1 unspecified atom stereocenters. The molecule has 1 atom stereocenters. The van der Waals surface area contributed by atoms with Crippen LogP contribution >= 0.6 is 11.3 Å². The van der Waals surface area contributed by atoms with E-state index in [-0.39, 0.29) is 11.3 Å². The van der Waals surface area contributed by atoms with Crippen molar-refractivity contribution in [1.82, 2.24) is 0 Å². The summed E-state index contributed by atoms with van der Waals surface area (Å²) >= 11 is 1.43. The largest absolute Gasteiger partial charge is 0.507 e. The molecule has 1 aromatic carbocycles. The highest BCUT2D eigenvalue weighted by molar-refractivity contribution is 7.16. The Balaban J connectivity index is 1.71. The Hall–Kier alpha value is -2.85. The summed E-state index contributed by atoms with van der Waals surface area (Å²) in [5.74, 6) is -1.47. The average Bonchev–Trinajstić information content (AvgIpc) is 2.81. The van der Waals surface area contributed by atoms with Gasteiger partial charge in [-0.1, -0.05) is 12.5 Å². The summed E-state index contributed by atoms with van der Waals surface area (Å²) in [6.45, 7) is 3.25. The van der Waals surface area contributed by atoms with Crippen LogP contribution in [0.1, 0.15) is 58.1 Å². The van der Waals surface area contributed by atoms with Crippen LogP contribution in [0.4, 0.5) is 5.00 Å². The maximum absolute atomic E-state index is 12.5. The Morgan fingerprint density at radius 1 is 1.29 bits per heavy atom. The van der Waals surface area contributed by atoms with Gasteiger partial charge in [-0.05, 0) is 62.8 Å². The van der Waals surface area contributed by atoms with Crippen molar-refractivity contribution in [2.75, 3.05) is 5.32 Å². The van der Waals surface area contributed by atoms with Crippen molar-refractivity contribution in [1.29, 1.82) is 5.26 Å². The van der Waals surface area contributed by atoms with E-state index in [1.54, 1.807) is 13.0 Å². The van der Waals surface area contributed by atoms with E-state index < -0.39 is 18.0 Å². The smallest absolute Gasteiger partial charge is 0.342 e. The number of phenols is 1. The first-order valence-electron chi connectivity index (χ1n) is 9.26. The Morgan fingerprint density at radius 3 is 2.75 bits per heavy atom. The number of hydrogen-bond acceptors (Lipinski definition) is 6. The predicted molar refractivity (Wildman–Crippen MR) is 107 cm³/mol. The van der Waals surface area contributed by atoms with Crippen molar-refractivity contribution in [3.8, 4) is 11.8 Å². The van der Waals surface area contributed by atoms with E-state index in [0.717, 1.165) is 48.1 Å². The highest BCUT2D eigenvalue weighted by Crippen LogP contribution is 2.37. The SMILES string of the molecule is Cc1ccc(C(=O)OC(C)C(=O)Nc2sc3c(c2C#N)CCCCC3)c(O)c1. The van der Waals surface area contributed by atoms with Gasteiger partial charge in [-0.2, -0.15) is 5.26 Å². The van der Waals surface area contributed by atoms with Crippen LogP contribution in [-0.4, -0.2) is 23.1 Å². The maximum Gasteiger partial charge on any atom is 0.342 e. The highest BCUT2D eigenvalue weighted by Gasteiger charge is 2.25. The standard InChI is InChI=1S/C21H22N2O4S/c1-12-8-9-15(17(24)10-12)21(26)27-13(2)19(25)23-20-16(11-22)14-6-4-3-5-7-18(14)28-20/h8-10,13,24H,3-7H2,1-2H3,(H,23,25). The van der Waals surface area contributed by atoms with Gasteiger partial charge in [0.25, 0.3) is 5.91 Å². The molecule has 1 aliphatic carbocycles. The number of carbonyl (C=O) groups is 2. The normalized spacial score (nSPS) is 14.3. The minimum Gasteiger partial charge on any atom is -0.507 e. The van der Waals surface area contributed by atoms with Crippen molar-refractivity contribution in [2.45, 2.75) is 52.1 Å². The van der Waals surface area contributed by atoms with Crippen LogP contribution in [0.15, 0.2) is 18.2 Å². The third-order valence-electron chi connectivity index (χ3n) is 4.80. The van der Waals surface area contributed by atoms with Gasteiger partial charge in [0.15, 0.2) is 6.10 Å². The van der Waals surface area contributed by atoms with Gasteiger partial charge in [0.2, 0.25) is 0 Å². The number of esters is 1. The number of aryl methyl sites for hydroxylation is 2. The fourth-order valence-corrected chi connectivity index (χ4v) is 4.50. The molecule has 7 heteroatoms. The number of ether oxygens (including phenoxy) is 1. The predicted octanol–water partition coefficient (Wildman–Crippen LogP) is 4.09. The first kappa shape index (κ1) is 19.9. The highest BCUT2D eigenvalue weighted by atomic mass is 32.1. The number of rotatable bonds is 4. The number of benzene rings is 1. The molecule has 1 heterocycles. The fraction of sp³-hybridized carbons (Fsp3) is 0.381. The van der Waals surface area contributed by atoms with Crippen LogP contribution in [0.25, 0.3) is 0 Å². The van der Waals surface area contributed by atoms with Crippen molar-refractivity contribution < 1.29 is 19.4 Å². The van der Waals surface area contributed by atoms with E-state index in [4.69, 9.17) is 4.74 Å². The van der Waals surface area contributed by atoms with Gasteiger partial charge in [-0.3, -0.25) is 4.79 Å². The Morgan fingerprint density at radius 2 is 2.04 bits per heavy atom. The van der Waals surface area contributed by atoms with Crippen LogP contribution in [-0.2, 0) is 22.4 Å². The van der Waals surface area contributed by atoms with E-state index in [9.17, 15) is 20.0 Å². The summed E-state index contributed by atoms with van der Waals surface area (Å²) in [4.78, 5) is 25.9. The van der Waals surface area contributed by atoms with Gasteiger partial charge in [0, 0.05) is 4.88 Å². The molecule has 3 rings (SSSR count). The second-order valence-electron chi connectivity index (χ2n) is 6.94. The van der Waals surface area contributed by atoms with Gasteiger partial charge >= 0.3 is 5.97 Å². The van der Waals surface area contributed by atoms with Gasteiger partial charge < -0.3 is 15.2 Å². The number of nitriles is 1. The van der Waals surface area contributed by atoms with Gasteiger partial charge in [-0.15, -0.1) is 11.3 Å². The molecule has 2 N–H and O–H groups in total. The van der Waals surface area contributed by atoms with Crippen LogP contribution in [0.5, 0.6) is 5.75 Å². The molecule has 0 aliphatic heterocycles. The Bertz CT molecular complexity index is 958. The molecule has 6 nitrogen and oxygen atoms in total. The van der Waals surface area contributed by atoms with Crippen LogP contribution in [0, 0.1) is 18.3 Å². The molecule has 0 saturated heterocycles. The lowest BCUT2D eigenvalue weighted by molar-refractivity contribution is -0.123. The summed E-state index contributed by atoms with van der Waals surface area (Å²) < 4.78 is 5.20. The van der Waals surface area contributed by atoms with Crippen molar-refractivity contribution in [3.05, 3.63) is 45.3 Å². The molecule has 1 aliphatic rings. The second kappa shape index (κ2) is 8.44. The monoisotopic (exact) mass is 398 g/mol. The molecule has 2 aromatic rings. The molecular weight excluding hydrogens is 376 g/mol. The summed E-state index contributed by atoms with van der Waals surface area (Å²) in [6.07, 6.45) is 3.97. The van der Waals surface area contributed by atoms with E-state index in [2.05, 4.69) is 11.4 Å². The second-order valence-corrected chi connectivity index (χ2v) is 8.04. The van der Waals surface area contributed by atoms with Gasteiger partial charge in [0.1, 0.15) is 22.4 Å². The molecular formula is C21H22N2O4S. The number of amides is 1. The number of aromatic hydroxyl groups is 1. The number of anilines is 1. The molecule has 28 heavy (non-hydrogen) atoms. The molecule has 0 fully saturated rings. The van der Waals surface area contributed by atoms with Crippen LogP contribution in [0.3, 0.4) is 0 Å². The fourth-order valence-electron chi connectivity index (χ4n) is 3.25. The summed E-state index contributed by atoms with van der Waals surface area (Å²) in [7, 11) is 0. The molecule has 0 saturated carbocycles. The lowest BCUT2D eigenvalue weighted by atomic mass is 10.1. The van der Waals surface area contributed by atoms with Crippen molar-refractivity contribution in [2.24, 2.45) is 0 Å². The number of thiophene rings is 1. The minimum atomic E-state index is -1.07. The number of fused-ring (bicyclic) bond motifs is 1. The lowest BCUT2D eigenvalue weighted by Crippen LogP contribution is -2.30. The van der Waals surface area contributed by atoms with Gasteiger partial charge in [0.05, 0.1) is 5.56 Å². The number of phenolic OH excluding ortho intramolecular Hbond substituents is 1. The lowest BCUT2D eigenvalue weighted by Gasteiger charge is -2.14. The molecule has 0 radical (unpaired) electrons. The molecule has 1 aromatic heterocycles. The molecule has 1 amide bonds. The number of hydrogen-bond donors (Lipinski definition) is 2. The quantitative estimate of drug-likeness (QED) is 0.597. The van der Waals surface area contributed by atoms with Crippen molar-refractivity contribution in [3.63, 3.8) is 0 Å². The third kappa shape index (κ3) is 4.18. The van der Waals surface area contributed by atoms with E-state index >= 15 is 0 Å². The van der Waals surface area contributed by atoms with E-state index in [1.165, 1.54) is 30.4 Å². The minimum absolute atomic E-state index is 0.00537. The number of carbonyl (C=O) groups excluding carboxylic acids is 2. The van der Waals surface area contributed by atoms with Gasteiger partial charge in [-0.25, -0.2) is 4.79 Å². The number of nitrogens with zero attached hydrogens (tertiary/aromatic N) is 1. The zero-order valence-electron chi connectivity index (χ0n) is 15.9. The van der Waals surface area contributed by atoms with E-state index in [0.29, 0.717) is 10.6 Å². The topological polar surface area (TPSA) is 99.4 Å². The van der Waals surface area contributed by atoms with Crippen LogP contribution < -0.4 is 5.32 Å². The molecule has 146 valence electrons. The molecule has 0 spiro atoms. The maximum atomic E-state index is 12.5. The van der Waals surface area contributed by atoms with Crippen LogP contribution in [0.2, 0.25) is 0 Å². The zero-order valence-corrected chi connectivity index (χ0v) is 16.7. The molecule has 0 bridgehead atoms. The first-order chi connectivity index (χ1) is 13.4. The Kier molecular flexibility index (Phi) is 6.00.